The zero-order valence-electron chi connectivity index (χ0n) is 10.3. The number of ether oxygens (including phenoxy) is 1. The van der Waals surface area contributed by atoms with Gasteiger partial charge in [0.25, 0.3) is 5.91 Å². The third kappa shape index (κ3) is 4.87. The minimum atomic E-state index is -0.498. The van der Waals surface area contributed by atoms with Gasteiger partial charge in [-0.25, -0.2) is 0 Å². The first-order chi connectivity index (χ1) is 8.13. The molecule has 1 amide bonds. The molecule has 1 aromatic carbocycles. The van der Waals surface area contributed by atoms with Crippen LogP contribution in [-0.4, -0.2) is 25.1 Å². The molecular formula is C13H20N2O2. The first-order valence-corrected chi connectivity index (χ1v) is 5.83. The van der Waals surface area contributed by atoms with Crippen LogP contribution in [0.4, 0.5) is 0 Å². The Morgan fingerprint density at radius 1 is 1.35 bits per heavy atom. The molecule has 0 fully saturated rings. The topological polar surface area (TPSA) is 64.3 Å². The van der Waals surface area contributed by atoms with Crippen molar-refractivity contribution in [3.63, 3.8) is 0 Å². The predicted molar refractivity (Wildman–Crippen MR) is 67.8 cm³/mol. The molecule has 2 atom stereocenters. The Morgan fingerprint density at radius 3 is 2.59 bits per heavy atom. The summed E-state index contributed by atoms with van der Waals surface area (Å²) in [6, 6.07) is 9.30. The third-order valence-corrected chi connectivity index (χ3v) is 2.45. The molecule has 3 N–H and O–H groups in total. The van der Waals surface area contributed by atoms with E-state index in [1.165, 1.54) is 0 Å². The molecule has 0 saturated carbocycles. The number of amides is 1. The van der Waals surface area contributed by atoms with E-state index < -0.39 is 6.10 Å². The van der Waals surface area contributed by atoms with Crippen LogP contribution >= 0.6 is 0 Å². The number of carbonyl (C=O) groups excluding carboxylic acids is 1. The van der Waals surface area contributed by atoms with E-state index in [2.05, 4.69) is 5.32 Å². The van der Waals surface area contributed by atoms with Crippen molar-refractivity contribution in [3.05, 3.63) is 30.3 Å². The monoisotopic (exact) mass is 236 g/mol. The van der Waals surface area contributed by atoms with Crippen LogP contribution in [-0.2, 0) is 4.79 Å². The van der Waals surface area contributed by atoms with Crippen LogP contribution < -0.4 is 15.8 Å². The maximum Gasteiger partial charge on any atom is 0.260 e. The molecule has 17 heavy (non-hydrogen) atoms. The highest BCUT2D eigenvalue weighted by atomic mass is 16.5. The Labute approximate surface area is 102 Å². The molecule has 1 aromatic rings. The number of benzene rings is 1. The number of nitrogens with two attached hydrogens (primary N) is 1. The van der Waals surface area contributed by atoms with E-state index in [0.29, 0.717) is 18.8 Å². The molecule has 0 heterocycles. The van der Waals surface area contributed by atoms with E-state index >= 15 is 0 Å². The highest BCUT2D eigenvalue weighted by Gasteiger charge is 2.14. The second-order valence-electron chi connectivity index (χ2n) is 4.16. The zero-order valence-corrected chi connectivity index (χ0v) is 10.3. The first-order valence-electron chi connectivity index (χ1n) is 5.83. The van der Waals surface area contributed by atoms with Crippen LogP contribution in [0.3, 0.4) is 0 Å². The minimum Gasteiger partial charge on any atom is -0.481 e. The normalized spacial score (nSPS) is 13.8. The van der Waals surface area contributed by atoms with E-state index in [4.69, 9.17) is 10.5 Å². The van der Waals surface area contributed by atoms with Gasteiger partial charge in [0.05, 0.1) is 0 Å². The van der Waals surface area contributed by atoms with Crippen LogP contribution in [0.5, 0.6) is 5.75 Å². The molecule has 0 saturated heterocycles. The van der Waals surface area contributed by atoms with Gasteiger partial charge >= 0.3 is 0 Å². The van der Waals surface area contributed by atoms with Crippen LogP contribution in [0.1, 0.15) is 13.8 Å². The van der Waals surface area contributed by atoms with Gasteiger partial charge in [-0.1, -0.05) is 25.1 Å². The number of carbonyl (C=O) groups is 1. The number of hydrogen-bond donors (Lipinski definition) is 2. The molecule has 0 aliphatic heterocycles. The van der Waals surface area contributed by atoms with Crippen molar-refractivity contribution in [3.8, 4) is 5.75 Å². The number of nitrogens with one attached hydrogen (secondary N) is 1. The lowest BCUT2D eigenvalue weighted by Crippen LogP contribution is -2.39. The van der Waals surface area contributed by atoms with Crippen molar-refractivity contribution in [2.24, 2.45) is 11.7 Å². The summed E-state index contributed by atoms with van der Waals surface area (Å²) in [6.45, 7) is 4.87. The molecule has 4 nitrogen and oxygen atoms in total. The number of rotatable bonds is 6. The summed E-state index contributed by atoms with van der Waals surface area (Å²) in [5.74, 6) is 0.860. The van der Waals surface area contributed by atoms with Gasteiger partial charge in [-0.15, -0.1) is 0 Å². The van der Waals surface area contributed by atoms with E-state index in [1.807, 2.05) is 37.3 Å². The molecule has 0 spiro atoms. The van der Waals surface area contributed by atoms with Crippen LogP contribution in [0.25, 0.3) is 0 Å². The molecule has 0 aliphatic carbocycles. The summed E-state index contributed by atoms with van der Waals surface area (Å²) >= 11 is 0. The first kappa shape index (κ1) is 13.5. The second kappa shape index (κ2) is 6.91. The molecule has 0 aromatic heterocycles. The van der Waals surface area contributed by atoms with E-state index in [9.17, 15) is 4.79 Å². The highest BCUT2D eigenvalue weighted by Crippen LogP contribution is 2.10. The maximum absolute atomic E-state index is 11.7. The lowest BCUT2D eigenvalue weighted by molar-refractivity contribution is -0.127. The Bertz CT molecular complexity index is 341. The van der Waals surface area contributed by atoms with Crippen molar-refractivity contribution in [2.75, 3.05) is 13.1 Å². The number of hydrogen-bond acceptors (Lipinski definition) is 3. The molecule has 94 valence electrons. The average Bonchev–Trinajstić information content (AvgIpc) is 2.36. The van der Waals surface area contributed by atoms with Gasteiger partial charge in [-0.2, -0.15) is 0 Å². The Hall–Kier alpha value is -1.55. The van der Waals surface area contributed by atoms with Crippen LogP contribution in [0.2, 0.25) is 0 Å². The molecule has 2 unspecified atom stereocenters. The molecule has 0 aliphatic rings. The quantitative estimate of drug-likeness (QED) is 0.779. The zero-order chi connectivity index (χ0) is 12.7. The highest BCUT2D eigenvalue weighted by molar-refractivity contribution is 5.80. The molecule has 0 bridgehead atoms. The van der Waals surface area contributed by atoms with Crippen LogP contribution in [0, 0.1) is 5.92 Å². The van der Waals surface area contributed by atoms with Crippen molar-refractivity contribution in [1.29, 1.82) is 0 Å². The standard InChI is InChI=1S/C13H20N2O2/c1-10(8-14)9-15-13(16)11(2)17-12-6-4-3-5-7-12/h3-7,10-11H,8-9,14H2,1-2H3,(H,15,16). The fourth-order valence-corrected chi connectivity index (χ4v) is 1.26. The summed E-state index contributed by atoms with van der Waals surface area (Å²) in [5.41, 5.74) is 5.48. The van der Waals surface area contributed by atoms with E-state index in [0.717, 1.165) is 0 Å². The summed E-state index contributed by atoms with van der Waals surface area (Å²) in [7, 11) is 0. The fourth-order valence-electron chi connectivity index (χ4n) is 1.26. The lowest BCUT2D eigenvalue weighted by atomic mass is 10.2. The van der Waals surface area contributed by atoms with Crippen molar-refractivity contribution in [2.45, 2.75) is 20.0 Å². The van der Waals surface area contributed by atoms with Gasteiger partial charge in [-0.3, -0.25) is 4.79 Å². The lowest BCUT2D eigenvalue weighted by Gasteiger charge is -2.16. The van der Waals surface area contributed by atoms with Gasteiger partial charge in [-0.05, 0) is 31.5 Å². The van der Waals surface area contributed by atoms with Crippen LogP contribution in [0.15, 0.2) is 30.3 Å². The van der Waals surface area contributed by atoms with Crippen molar-refractivity contribution >= 4 is 5.91 Å². The second-order valence-corrected chi connectivity index (χ2v) is 4.16. The van der Waals surface area contributed by atoms with Gasteiger partial charge < -0.3 is 15.8 Å². The summed E-state index contributed by atoms with van der Waals surface area (Å²) in [4.78, 5) is 11.7. The average molecular weight is 236 g/mol. The van der Waals surface area contributed by atoms with Gasteiger partial charge in [0.15, 0.2) is 6.10 Å². The molecule has 0 radical (unpaired) electrons. The molecule has 4 heteroatoms. The molecular weight excluding hydrogens is 216 g/mol. The largest absolute Gasteiger partial charge is 0.481 e. The summed E-state index contributed by atoms with van der Waals surface area (Å²) < 4.78 is 5.50. The Morgan fingerprint density at radius 2 is 2.00 bits per heavy atom. The van der Waals surface area contributed by atoms with Crippen molar-refractivity contribution in [1.82, 2.24) is 5.32 Å². The summed E-state index contributed by atoms with van der Waals surface area (Å²) in [5, 5.41) is 2.81. The van der Waals surface area contributed by atoms with Gasteiger partial charge in [0.1, 0.15) is 5.75 Å². The number of para-hydroxylation sites is 1. The Kier molecular flexibility index (Phi) is 5.49. The van der Waals surface area contributed by atoms with E-state index in [1.54, 1.807) is 6.92 Å². The smallest absolute Gasteiger partial charge is 0.260 e. The van der Waals surface area contributed by atoms with Crippen molar-refractivity contribution < 1.29 is 9.53 Å². The van der Waals surface area contributed by atoms with E-state index in [-0.39, 0.29) is 11.8 Å². The van der Waals surface area contributed by atoms with Gasteiger partial charge in [0.2, 0.25) is 0 Å². The minimum absolute atomic E-state index is 0.117. The van der Waals surface area contributed by atoms with Gasteiger partial charge in [0, 0.05) is 6.54 Å². The molecule has 1 rings (SSSR count). The SMILES string of the molecule is CC(CN)CNC(=O)C(C)Oc1ccccc1. The predicted octanol–water partition coefficient (Wildman–Crippen LogP) is 1.16. The fraction of sp³-hybridized carbons (Fsp3) is 0.462. The Balaban J connectivity index is 2.37. The maximum atomic E-state index is 11.7. The summed E-state index contributed by atoms with van der Waals surface area (Å²) in [6.07, 6.45) is -0.498. The third-order valence-electron chi connectivity index (χ3n) is 2.45.